The van der Waals surface area contributed by atoms with Gasteiger partial charge in [0.25, 0.3) is 0 Å². The Morgan fingerprint density at radius 2 is 1.65 bits per heavy atom. The van der Waals surface area contributed by atoms with Crippen molar-refractivity contribution in [1.29, 1.82) is 0 Å². The maximum atomic E-state index is 12.9. The molecule has 0 unspecified atom stereocenters. The average Bonchev–Trinajstić information content (AvgIpc) is 3.15. The second kappa shape index (κ2) is 10.3. The van der Waals surface area contributed by atoms with E-state index in [4.69, 9.17) is 9.47 Å². The van der Waals surface area contributed by atoms with Gasteiger partial charge in [-0.25, -0.2) is 9.59 Å². The van der Waals surface area contributed by atoms with E-state index >= 15 is 0 Å². The third-order valence-corrected chi connectivity index (χ3v) is 6.70. The van der Waals surface area contributed by atoms with Crippen LogP contribution in [0.1, 0.15) is 49.7 Å². The summed E-state index contributed by atoms with van der Waals surface area (Å²) in [7, 11) is 0. The Morgan fingerprint density at radius 1 is 1.06 bits per heavy atom. The molecule has 1 aliphatic carbocycles. The number of rotatable bonds is 8. The SMILES string of the molecule is CC[C@H](NC(=O)CC1(NC(=O)OCC2c3ccccc3-c3ccccc32)CCOCC1)C(=O)O. The third-order valence-electron chi connectivity index (χ3n) is 6.70. The van der Waals surface area contributed by atoms with E-state index in [9.17, 15) is 19.5 Å². The Kier molecular flexibility index (Phi) is 7.17. The topological polar surface area (TPSA) is 114 Å². The molecule has 0 spiro atoms. The molecule has 8 nitrogen and oxygen atoms in total. The minimum absolute atomic E-state index is 0.0374. The number of benzene rings is 2. The fraction of sp³-hybridized carbons (Fsp3) is 0.423. The van der Waals surface area contributed by atoms with Gasteiger partial charge in [-0.05, 0) is 41.5 Å². The first-order valence-electron chi connectivity index (χ1n) is 11.7. The second-order valence-electron chi connectivity index (χ2n) is 8.89. The number of carboxylic acid groups (broad SMARTS) is 1. The molecule has 3 N–H and O–H groups in total. The highest BCUT2D eigenvalue weighted by Gasteiger charge is 2.38. The molecular formula is C26H30N2O6. The zero-order chi connectivity index (χ0) is 24.1. The van der Waals surface area contributed by atoms with Crippen molar-refractivity contribution in [3.8, 4) is 11.1 Å². The molecule has 0 bridgehead atoms. The quantitative estimate of drug-likeness (QED) is 0.549. The summed E-state index contributed by atoms with van der Waals surface area (Å²) in [5.74, 6) is -1.57. The Hall–Kier alpha value is -3.39. The summed E-state index contributed by atoms with van der Waals surface area (Å²) >= 11 is 0. The Bertz CT molecular complexity index is 1020. The number of fused-ring (bicyclic) bond motifs is 3. The molecule has 1 fully saturated rings. The highest BCUT2D eigenvalue weighted by Crippen LogP contribution is 2.44. The lowest BCUT2D eigenvalue weighted by Gasteiger charge is -2.37. The average molecular weight is 467 g/mol. The Balaban J connectivity index is 1.42. The summed E-state index contributed by atoms with van der Waals surface area (Å²) < 4.78 is 11.1. The molecule has 8 heteroatoms. The predicted octanol–water partition coefficient (Wildman–Crippen LogP) is 3.44. The van der Waals surface area contributed by atoms with Crippen LogP contribution < -0.4 is 10.6 Å². The van der Waals surface area contributed by atoms with Crippen LogP contribution in [0.2, 0.25) is 0 Å². The van der Waals surface area contributed by atoms with Crippen molar-refractivity contribution in [2.75, 3.05) is 19.8 Å². The lowest BCUT2D eigenvalue weighted by atomic mass is 9.86. The molecule has 34 heavy (non-hydrogen) atoms. The predicted molar refractivity (Wildman–Crippen MR) is 125 cm³/mol. The van der Waals surface area contributed by atoms with E-state index in [1.807, 2.05) is 24.3 Å². The van der Waals surface area contributed by atoms with Crippen LogP contribution in [0.4, 0.5) is 4.79 Å². The zero-order valence-corrected chi connectivity index (χ0v) is 19.2. The number of hydrogen-bond donors (Lipinski definition) is 3. The van der Waals surface area contributed by atoms with E-state index in [1.54, 1.807) is 6.92 Å². The highest BCUT2D eigenvalue weighted by atomic mass is 16.5. The number of carboxylic acids is 1. The van der Waals surface area contributed by atoms with Gasteiger partial charge in [0.1, 0.15) is 12.6 Å². The molecule has 180 valence electrons. The largest absolute Gasteiger partial charge is 0.480 e. The molecule has 2 aromatic carbocycles. The van der Waals surface area contributed by atoms with Gasteiger partial charge < -0.3 is 25.2 Å². The Morgan fingerprint density at radius 3 is 2.21 bits per heavy atom. The van der Waals surface area contributed by atoms with Crippen LogP contribution >= 0.6 is 0 Å². The van der Waals surface area contributed by atoms with Crippen molar-refractivity contribution < 1.29 is 29.0 Å². The van der Waals surface area contributed by atoms with Crippen molar-refractivity contribution >= 4 is 18.0 Å². The monoisotopic (exact) mass is 466 g/mol. The number of alkyl carbamates (subject to hydrolysis) is 1. The van der Waals surface area contributed by atoms with Crippen LogP contribution in [-0.2, 0) is 19.1 Å². The van der Waals surface area contributed by atoms with E-state index in [2.05, 4.69) is 34.9 Å². The molecular weight excluding hydrogens is 436 g/mol. The van der Waals surface area contributed by atoms with Crippen molar-refractivity contribution in [3.63, 3.8) is 0 Å². The highest BCUT2D eigenvalue weighted by molar-refractivity contribution is 5.84. The van der Waals surface area contributed by atoms with Crippen LogP contribution in [0.3, 0.4) is 0 Å². The number of amides is 2. The maximum Gasteiger partial charge on any atom is 0.407 e. The zero-order valence-electron chi connectivity index (χ0n) is 19.2. The van der Waals surface area contributed by atoms with Gasteiger partial charge in [0, 0.05) is 19.1 Å². The smallest absolute Gasteiger partial charge is 0.407 e. The molecule has 1 heterocycles. The van der Waals surface area contributed by atoms with Gasteiger partial charge in [0.15, 0.2) is 0 Å². The maximum absolute atomic E-state index is 12.9. The van der Waals surface area contributed by atoms with Gasteiger partial charge in [0.2, 0.25) is 5.91 Å². The number of aliphatic carboxylic acids is 1. The van der Waals surface area contributed by atoms with Crippen molar-refractivity contribution in [2.45, 2.75) is 50.1 Å². The first-order chi connectivity index (χ1) is 16.4. The lowest BCUT2D eigenvalue weighted by Crippen LogP contribution is -2.55. The standard InChI is InChI=1S/C26H30N2O6/c1-2-22(24(30)31)27-23(29)15-26(11-13-33-14-12-26)28-25(32)34-16-21-19-9-5-3-7-17(19)18-8-4-6-10-20(18)21/h3-10,21-22H,2,11-16H2,1H3,(H,27,29)(H,28,32)(H,30,31)/t22-/m0/s1. The number of carbonyl (C=O) groups excluding carboxylic acids is 2. The normalized spacial score (nSPS) is 17.2. The van der Waals surface area contributed by atoms with Crippen molar-refractivity contribution in [1.82, 2.24) is 10.6 Å². The Labute approximate surface area is 198 Å². The number of carbonyl (C=O) groups is 3. The first-order valence-corrected chi connectivity index (χ1v) is 11.7. The van der Waals surface area contributed by atoms with Crippen LogP contribution in [0.25, 0.3) is 11.1 Å². The van der Waals surface area contributed by atoms with Crippen molar-refractivity contribution in [3.05, 3.63) is 59.7 Å². The number of hydrogen-bond acceptors (Lipinski definition) is 5. The summed E-state index contributed by atoms with van der Waals surface area (Å²) in [5.41, 5.74) is 3.69. The molecule has 0 aromatic heterocycles. The molecule has 1 saturated heterocycles. The molecule has 2 aromatic rings. The van der Waals surface area contributed by atoms with E-state index in [1.165, 1.54) is 0 Å². The van der Waals surface area contributed by atoms with Gasteiger partial charge in [-0.1, -0.05) is 55.5 Å². The van der Waals surface area contributed by atoms with Gasteiger partial charge in [-0.3, -0.25) is 4.79 Å². The van der Waals surface area contributed by atoms with Crippen LogP contribution in [0.5, 0.6) is 0 Å². The van der Waals surface area contributed by atoms with Gasteiger partial charge in [0.05, 0.1) is 12.0 Å². The summed E-state index contributed by atoms with van der Waals surface area (Å²) in [6, 6.07) is 15.3. The number of ether oxygens (including phenoxy) is 2. The third kappa shape index (κ3) is 5.07. The van der Waals surface area contributed by atoms with E-state index < -0.39 is 29.6 Å². The summed E-state index contributed by atoms with van der Waals surface area (Å²) in [6.45, 7) is 2.66. The fourth-order valence-electron chi connectivity index (χ4n) is 4.85. The molecule has 0 saturated carbocycles. The van der Waals surface area contributed by atoms with Crippen molar-refractivity contribution in [2.24, 2.45) is 0 Å². The molecule has 2 aliphatic rings. The van der Waals surface area contributed by atoms with Gasteiger partial charge in [-0.2, -0.15) is 0 Å². The second-order valence-corrected chi connectivity index (χ2v) is 8.89. The fourth-order valence-corrected chi connectivity index (χ4v) is 4.85. The minimum atomic E-state index is -1.08. The van der Waals surface area contributed by atoms with E-state index in [0.29, 0.717) is 26.1 Å². The van der Waals surface area contributed by atoms with Crippen LogP contribution in [-0.4, -0.2) is 54.5 Å². The number of nitrogens with one attached hydrogen (secondary N) is 2. The van der Waals surface area contributed by atoms with Gasteiger partial charge >= 0.3 is 12.1 Å². The summed E-state index contributed by atoms with van der Waals surface area (Å²) in [6.07, 6.45) is 0.520. The lowest BCUT2D eigenvalue weighted by molar-refractivity contribution is -0.142. The minimum Gasteiger partial charge on any atom is -0.480 e. The molecule has 1 aliphatic heterocycles. The first kappa shape index (κ1) is 23.8. The van der Waals surface area contributed by atoms with Gasteiger partial charge in [-0.15, -0.1) is 0 Å². The van der Waals surface area contributed by atoms with Crippen LogP contribution in [0.15, 0.2) is 48.5 Å². The molecule has 0 radical (unpaired) electrons. The van der Waals surface area contributed by atoms with E-state index in [-0.39, 0.29) is 25.4 Å². The van der Waals surface area contributed by atoms with E-state index in [0.717, 1.165) is 22.3 Å². The summed E-state index contributed by atoms with van der Waals surface area (Å²) in [5, 5.41) is 14.7. The van der Waals surface area contributed by atoms with Crippen LogP contribution in [0, 0.1) is 0 Å². The molecule has 2 amide bonds. The molecule has 4 rings (SSSR count). The molecule has 1 atom stereocenters. The summed E-state index contributed by atoms with van der Waals surface area (Å²) in [4.78, 5) is 36.7.